The molecule has 4 heteroatoms. The van der Waals surface area contributed by atoms with Crippen LogP contribution in [0.4, 0.5) is 0 Å². The molecular weight excluding hydrogens is 260 g/mol. The maximum absolute atomic E-state index is 11.5. The summed E-state index contributed by atoms with van der Waals surface area (Å²) in [6.45, 7) is -0.284. The topological polar surface area (TPSA) is 57.5 Å². The van der Waals surface area contributed by atoms with Gasteiger partial charge in [0, 0.05) is 17.3 Å². The molecule has 0 amide bonds. The number of aliphatic hydroxyl groups excluding tert-OH is 2. The van der Waals surface area contributed by atoms with Gasteiger partial charge in [0.1, 0.15) is 0 Å². The third kappa shape index (κ3) is 3.12. The number of benzene rings is 1. The van der Waals surface area contributed by atoms with Crippen molar-refractivity contribution < 1.29 is 15.0 Å². The molecule has 1 rings (SSSR count). The third-order valence-electron chi connectivity index (χ3n) is 2.19. The molecule has 1 aromatic rings. The second-order valence-corrected chi connectivity index (χ2v) is 3.95. The van der Waals surface area contributed by atoms with E-state index in [-0.39, 0.29) is 19.0 Å². The molecule has 0 unspecified atom stereocenters. The first-order valence-corrected chi connectivity index (χ1v) is 5.77. The predicted molar refractivity (Wildman–Crippen MR) is 61.0 cm³/mol. The maximum Gasteiger partial charge on any atom is 0.163 e. The van der Waals surface area contributed by atoms with Crippen LogP contribution in [-0.2, 0) is 13.2 Å². The van der Waals surface area contributed by atoms with E-state index in [1.807, 2.05) is 0 Å². The fourth-order valence-electron chi connectivity index (χ4n) is 1.33. The molecule has 0 aromatic heterocycles. The fraction of sp³-hybridized carbons (Fsp3) is 0.364. The number of hydrogen-bond donors (Lipinski definition) is 2. The van der Waals surface area contributed by atoms with Crippen LogP contribution in [0.3, 0.4) is 0 Å². The summed E-state index contributed by atoms with van der Waals surface area (Å²) in [6, 6.07) is 4.99. The Morgan fingerprint density at radius 1 is 1.20 bits per heavy atom. The number of alkyl halides is 1. The molecule has 0 saturated heterocycles. The van der Waals surface area contributed by atoms with E-state index >= 15 is 0 Å². The standard InChI is InChI=1S/C11H13BrO3/c12-4-3-11(15)8-1-2-9(6-13)10(5-8)7-14/h1-2,5,13-14H,3-4,6-7H2. The first kappa shape index (κ1) is 12.4. The molecule has 0 radical (unpaired) electrons. The zero-order valence-corrected chi connectivity index (χ0v) is 9.83. The van der Waals surface area contributed by atoms with Gasteiger partial charge in [-0.3, -0.25) is 4.79 Å². The molecule has 0 aliphatic rings. The van der Waals surface area contributed by atoms with Crippen LogP contribution in [0.2, 0.25) is 0 Å². The highest BCUT2D eigenvalue weighted by atomic mass is 79.9. The highest BCUT2D eigenvalue weighted by Crippen LogP contribution is 2.14. The molecule has 0 atom stereocenters. The van der Waals surface area contributed by atoms with Crippen LogP contribution in [-0.4, -0.2) is 21.3 Å². The van der Waals surface area contributed by atoms with Crippen molar-refractivity contribution in [3.8, 4) is 0 Å². The summed E-state index contributed by atoms with van der Waals surface area (Å²) >= 11 is 3.20. The van der Waals surface area contributed by atoms with Crippen LogP contribution in [0.1, 0.15) is 27.9 Å². The molecule has 0 aliphatic carbocycles. The van der Waals surface area contributed by atoms with E-state index in [2.05, 4.69) is 15.9 Å². The molecule has 0 saturated carbocycles. The number of carbonyl (C=O) groups is 1. The zero-order chi connectivity index (χ0) is 11.3. The SMILES string of the molecule is O=C(CCBr)c1ccc(CO)c(CO)c1. The Hall–Kier alpha value is -0.710. The van der Waals surface area contributed by atoms with Crippen molar-refractivity contribution in [2.45, 2.75) is 19.6 Å². The van der Waals surface area contributed by atoms with Gasteiger partial charge in [-0.1, -0.05) is 28.1 Å². The molecule has 82 valence electrons. The van der Waals surface area contributed by atoms with Crippen molar-refractivity contribution in [2.75, 3.05) is 5.33 Å². The lowest BCUT2D eigenvalue weighted by molar-refractivity contribution is 0.0989. The van der Waals surface area contributed by atoms with Crippen LogP contribution in [0.15, 0.2) is 18.2 Å². The van der Waals surface area contributed by atoms with E-state index in [9.17, 15) is 4.79 Å². The largest absolute Gasteiger partial charge is 0.392 e. The Kier molecular flexibility index (Phi) is 4.94. The number of ketones is 1. The van der Waals surface area contributed by atoms with E-state index in [4.69, 9.17) is 10.2 Å². The van der Waals surface area contributed by atoms with Gasteiger partial charge in [0.05, 0.1) is 13.2 Å². The van der Waals surface area contributed by atoms with E-state index in [0.717, 1.165) is 0 Å². The monoisotopic (exact) mass is 272 g/mol. The van der Waals surface area contributed by atoms with Crippen LogP contribution in [0.25, 0.3) is 0 Å². The second kappa shape index (κ2) is 6.00. The molecular formula is C11H13BrO3. The first-order chi connectivity index (χ1) is 7.22. The summed E-state index contributed by atoms with van der Waals surface area (Å²) in [6.07, 6.45) is 0.434. The molecule has 3 nitrogen and oxygen atoms in total. The zero-order valence-electron chi connectivity index (χ0n) is 8.24. The lowest BCUT2D eigenvalue weighted by Gasteiger charge is -2.06. The summed E-state index contributed by atoms with van der Waals surface area (Å²) in [7, 11) is 0. The summed E-state index contributed by atoms with van der Waals surface area (Å²) in [5.41, 5.74) is 1.85. The molecule has 0 spiro atoms. The Bertz CT molecular complexity index is 350. The van der Waals surface area contributed by atoms with Crippen LogP contribution < -0.4 is 0 Å². The van der Waals surface area contributed by atoms with Crippen molar-refractivity contribution >= 4 is 21.7 Å². The Morgan fingerprint density at radius 2 is 1.87 bits per heavy atom. The van der Waals surface area contributed by atoms with Crippen molar-refractivity contribution in [2.24, 2.45) is 0 Å². The number of rotatable bonds is 5. The quantitative estimate of drug-likeness (QED) is 0.633. The van der Waals surface area contributed by atoms with E-state index in [1.165, 1.54) is 0 Å². The third-order valence-corrected chi connectivity index (χ3v) is 2.59. The molecule has 15 heavy (non-hydrogen) atoms. The first-order valence-electron chi connectivity index (χ1n) is 4.65. The molecule has 0 fully saturated rings. The Balaban J connectivity index is 2.97. The van der Waals surface area contributed by atoms with Gasteiger partial charge in [0.25, 0.3) is 0 Å². The van der Waals surface area contributed by atoms with Gasteiger partial charge in [-0.2, -0.15) is 0 Å². The van der Waals surface area contributed by atoms with Gasteiger partial charge in [-0.05, 0) is 17.2 Å². The van der Waals surface area contributed by atoms with E-state index in [1.54, 1.807) is 18.2 Å². The van der Waals surface area contributed by atoms with E-state index < -0.39 is 0 Å². The van der Waals surface area contributed by atoms with Gasteiger partial charge in [-0.25, -0.2) is 0 Å². The number of halogens is 1. The minimum absolute atomic E-state index is 0.0334. The molecule has 0 bridgehead atoms. The average Bonchev–Trinajstić information content (AvgIpc) is 2.28. The lowest BCUT2D eigenvalue weighted by atomic mass is 10.0. The van der Waals surface area contributed by atoms with Crippen molar-refractivity contribution in [1.29, 1.82) is 0 Å². The fourth-order valence-corrected chi connectivity index (χ4v) is 1.69. The van der Waals surface area contributed by atoms with Crippen LogP contribution >= 0.6 is 15.9 Å². The highest BCUT2D eigenvalue weighted by molar-refractivity contribution is 9.09. The van der Waals surface area contributed by atoms with Crippen LogP contribution in [0, 0.1) is 0 Å². The van der Waals surface area contributed by atoms with Crippen molar-refractivity contribution in [3.05, 3.63) is 34.9 Å². The summed E-state index contributed by atoms with van der Waals surface area (Å²) in [5.74, 6) is 0.0334. The van der Waals surface area contributed by atoms with Gasteiger partial charge < -0.3 is 10.2 Å². The van der Waals surface area contributed by atoms with Gasteiger partial charge in [0.15, 0.2) is 5.78 Å². The van der Waals surface area contributed by atoms with Gasteiger partial charge >= 0.3 is 0 Å². The van der Waals surface area contributed by atoms with Crippen LogP contribution in [0.5, 0.6) is 0 Å². The number of carbonyl (C=O) groups excluding carboxylic acids is 1. The maximum atomic E-state index is 11.5. The molecule has 2 N–H and O–H groups in total. The minimum Gasteiger partial charge on any atom is -0.392 e. The van der Waals surface area contributed by atoms with E-state index in [0.29, 0.717) is 28.4 Å². The Labute approximate surface area is 96.9 Å². The number of aliphatic hydroxyl groups is 2. The molecule has 1 aromatic carbocycles. The molecule has 0 aliphatic heterocycles. The van der Waals surface area contributed by atoms with Crippen molar-refractivity contribution in [1.82, 2.24) is 0 Å². The lowest BCUT2D eigenvalue weighted by Crippen LogP contribution is -2.03. The smallest absolute Gasteiger partial charge is 0.163 e. The molecule has 0 heterocycles. The van der Waals surface area contributed by atoms with Gasteiger partial charge in [0.2, 0.25) is 0 Å². The predicted octanol–water partition coefficient (Wildman–Crippen LogP) is 1.64. The number of hydrogen-bond acceptors (Lipinski definition) is 3. The van der Waals surface area contributed by atoms with Gasteiger partial charge in [-0.15, -0.1) is 0 Å². The van der Waals surface area contributed by atoms with Crippen molar-refractivity contribution in [3.63, 3.8) is 0 Å². The summed E-state index contributed by atoms with van der Waals surface area (Å²) in [5, 5.41) is 18.7. The summed E-state index contributed by atoms with van der Waals surface area (Å²) < 4.78 is 0. The second-order valence-electron chi connectivity index (χ2n) is 3.16. The minimum atomic E-state index is -0.161. The highest BCUT2D eigenvalue weighted by Gasteiger charge is 2.08. The summed E-state index contributed by atoms with van der Waals surface area (Å²) in [4.78, 5) is 11.5. The Morgan fingerprint density at radius 3 is 2.40 bits per heavy atom. The average molecular weight is 273 g/mol. The normalized spacial score (nSPS) is 10.3. The number of Topliss-reactive ketones (excluding diaryl/α,β-unsaturated/α-hetero) is 1.